The summed E-state index contributed by atoms with van der Waals surface area (Å²) >= 11 is 0. The number of hydrogen-bond acceptors (Lipinski definition) is 2. The van der Waals surface area contributed by atoms with E-state index < -0.39 is 0 Å². The number of para-hydroxylation sites is 1. The Balaban J connectivity index is 2.24. The van der Waals surface area contributed by atoms with Crippen molar-refractivity contribution in [2.45, 2.75) is 6.42 Å². The van der Waals surface area contributed by atoms with Crippen LogP contribution in [0.15, 0.2) is 42.5 Å². The summed E-state index contributed by atoms with van der Waals surface area (Å²) in [6.07, 6.45) is 4.94. The van der Waals surface area contributed by atoms with Crippen LogP contribution in [0.5, 0.6) is 5.75 Å². The molecule has 0 saturated heterocycles. The average Bonchev–Trinajstić information content (AvgIpc) is 2.19. The van der Waals surface area contributed by atoms with Crippen molar-refractivity contribution >= 4 is 6.29 Å². The van der Waals surface area contributed by atoms with Gasteiger partial charge in [-0.05, 0) is 12.1 Å². The van der Waals surface area contributed by atoms with Crippen LogP contribution < -0.4 is 4.74 Å². The van der Waals surface area contributed by atoms with Gasteiger partial charge in [-0.25, -0.2) is 0 Å². The lowest BCUT2D eigenvalue weighted by atomic mass is 10.3. The van der Waals surface area contributed by atoms with Crippen LogP contribution in [0.1, 0.15) is 6.42 Å². The highest BCUT2D eigenvalue weighted by Crippen LogP contribution is 2.07. The molecule has 13 heavy (non-hydrogen) atoms. The fourth-order valence-electron chi connectivity index (χ4n) is 0.881. The minimum Gasteiger partial charge on any atom is -0.490 e. The minimum atomic E-state index is 0.456. The van der Waals surface area contributed by atoms with Crippen LogP contribution in [0.4, 0.5) is 0 Å². The number of rotatable bonds is 5. The van der Waals surface area contributed by atoms with Gasteiger partial charge in [-0.3, -0.25) is 0 Å². The first-order valence-electron chi connectivity index (χ1n) is 4.20. The summed E-state index contributed by atoms with van der Waals surface area (Å²) in [5.41, 5.74) is 0. The molecule has 0 unspecified atom stereocenters. The van der Waals surface area contributed by atoms with Crippen LogP contribution in [0.25, 0.3) is 0 Å². The predicted octanol–water partition coefficient (Wildman–Crippen LogP) is 2.21. The molecule has 0 spiro atoms. The molecule has 2 nitrogen and oxygen atoms in total. The van der Waals surface area contributed by atoms with Gasteiger partial charge >= 0.3 is 0 Å². The van der Waals surface area contributed by atoms with Crippen molar-refractivity contribution in [3.05, 3.63) is 42.5 Å². The molecule has 0 aliphatic carbocycles. The molecule has 1 aromatic carbocycles. The lowest BCUT2D eigenvalue weighted by Crippen LogP contribution is -1.92. The van der Waals surface area contributed by atoms with Crippen LogP contribution in [0.2, 0.25) is 0 Å². The van der Waals surface area contributed by atoms with Gasteiger partial charge in [0.1, 0.15) is 18.6 Å². The number of allylic oxidation sites excluding steroid dienone is 1. The van der Waals surface area contributed by atoms with Crippen molar-refractivity contribution in [3.8, 4) is 5.75 Å². The second kappa shape index (κ2) is 6.00. The summed E-state index contributed by atoms with van der Waals surface area (Å²) in [6, 6.07) is 9.57. The number of hydrogen-bond donors (Lipinski definition) is 0. The van der Waals surface area contributed by atoms with Gasteiger partial charge in [-0.15, -0.1) is 0 Å². The fraction of sp³-hybridized carbons (Fsp3) is 0.182. The molecule has 0 atom stereocenters. The van der Waals surface area contributed by atoms with E-state index in [-0.39, 0.29) is 0 Å². The molecule has 0 saturated carbocycles. The lowest BCUT2D eigenvalue weighted by Gasteiger charge is -2.00. The van der Waals surface area contributed by atoms with Gasteiger partial charge in [0.25, 0.3) is 0 Å². The van der Waals surface area contributed by atoms with E-state index in [2.05, 4.69) is 0 Å². The summed E-state index contributed by atoms with van der Waals surface area (Å²) in [5.74, 6) is 0.846. The fourth-order valence-corrected chi connectivity index (χ4v) is 0.881. The van der Waals surface area contributed by atoms with Crippen LogP contribution in [-0.2, 0) is 4.79 Å². The van der Waals surface area contributed by atoms with Crippen molar-refractivity contribution < 1.29 is 9.53 Å². The molecule has 0 heterocycles. The first-order chi connectivity index (χ1) is 6.43. The molecule has 0 fully saturated rings. The minimum absolute atomic E-state index is 0.456. The summed E-state index contributed by atoms with van der Waals surface area (Å²) in [6.45, 7) is 0.512. The van der Waals surface area contributed by atoms with Gasteiger partial charge in [-0.1, -0.05) is 30.4 Å². The van der Waals surface area contributed by atoms with Crippen molar-refractivity contribution in [2.75, 3.05) is 6.61 Å². The van der Waals surface area contributed by atoms with Crippen molar-refractivity contribution in [1.82, 2.24) is 0 Å². The Bertz CT molecular complexity index is 265. The molecule has 0 bridgehead atoms. The number of benzene rings is 1. The third kappa shape index (κ3) is 4.11. The Labute approximate surface area is 77.8 Å². The monoisotopic (exact) mass is 176 g/mol. The zero-order valence-electron chi connectivity index (χ0n) is 7.35. The SMILES string of the molecule is O=CC/C=C/COc1ccccc1. The second-order valence-corrected chi connectivity index (χ2v) is 2.50. The molecule has 0 aliphatic rings. The summed E-state index contributed by atoms with van der Waals surface area (Å²) < 4.78 is 5.35. The largest absolute Gasteiger partial charge is 0.490 e. The van der Waals surface area contributed by atoms with Gasteiger partial charge in [-0.2, -0.15) is 0 Å². The van der Waals surface area contributed by atoms with E-state index >= 15 is 0 Å². The molecular weight excluding hydrogens is 164 g/mol. The molecule has 1 aromatic rings. The molecule has 68 valence electrons. The van der Waals surface area contributed by atoms with E-state index in [0.717, 1.165) is 12.0 Å². The molecular formula is C11H12O2. The predicted molar refractivity (Wildman–Crippen MR) is 51.8 cm³/mol. The van der Waals surface area contributed by atoms with E-state index in [1.165, 1.54) is 0 Å². The van der Waals surface area contributed by atoms with Gasteiger partial charge in [0.05, 0.1) is 0 Å². The van der Waals surface area contributed by atoms with Crippen LogP contribution in [-0.4, -0.2) is 12.9 Å². The summed E-state index contributed by atoms with van der Waals surface area (Å²) in [7, 11) is 0. The van der Waals surface area contributed by atoms with Gasteiger partial charge in [0, 0.05) is 6.42 Å². The number of carbonyl (C=O) groups is 1. The molecule has 0 N–H and O–H groups in total. The molecule has 0 radical (unpaired) electrons. The first kappa shape index (κ1) is 9.52. The van der Waals surface area contributed by atoms with Crippen LogP contribution in [0, 0.1) is 0 Å². The standard InChI is InChI=1S/C11H12O2/c12-9-5-2-6-10-13-11-7-3-1-4-8-11/h1-4,6-9H,5,10H2/b6-2+. The zero-order valence-corrected chi connectivity index (χ0v) is 7.35. The summed E-state index contributed by atoms with van der Waals surface area (Å²) in [4.78, 5) is 9.95. The molecule has 0 aromatic heterocycles. The highest BCUT2D eigenvalue weighted by atomic mass is 16.5. The van der Waals surface area contributed by atoms with Crippen LogP contribution in [0.3, 0.4) is 0 Å². The van der Waals surface area contributed by atoms with E-state index in [4.69, 9.17) is 4.74 Å². The highest BCUT2D eigenvalue weighted by Gasteiger charge is 1.86. The maximum atomic E-state index is 9.95. The Morgan fingerprint density at radius 1 is 1.15 bits per heavy atom. The average molecular weight is 176 g/mol. The molecule has 1 rings (SSSR count). The van der Waals surface area contributed by atoms with Crippen molar-refractivity contribution in [1.29, 1.82) is 0 Å². The molecule has 0 amide bonds. The topological polar surface area (TPSA) is 26.3 Å². The quantitative estimate of drug-likeness (QED) is 0.508. The Hall–Kier alpha value is -1.57. The zero-order chi connectivity index (χ0) is 9.36. The number of carbonyl (C=O) groups excluding carboxylic acids is 1. The summed E-state index contributed by atoms with van der Waals surface area (Å²) in [5, 5.41) is 0. The second-order valence-electron chi connectivity index (χ2n) is 2.50. The van der Waals surface area contributed by atoms with Crippen LogP contribution >= 0.6 is 0 Å². The lowest BCUT2D eigenvalue weighted by molar-refractivity contribution is -0.107. The van der Waals surface area contributed by atoms with Gasteiger partial charge in [0.2, 0.25) is 0 Å². The smallest absolute Gasteiger partial charge is 0.123 e. The van der Waals surface area contributed by atoms with E-state index in [0.29, 0.717) is 13.0 Å². The Morgan fingerprint density at radius 3 is 2.62 bits per heavy atom. The molecule has 0 aliphatic heterocycles. The Kier molecular flexibility index (Phi) is 4.39. The normalized spacial score (nSPS) is 10.2. The van der Waals surface area contributed by atoms with E-state index in [1.54, 1.807) is 6.08 Å². The number of aldehydes is 1. The third-order valence-corrected chi connectivity index (χ3v) is 1.49. The molecule has 2 heteroatoms. The highest BCUT2D eigenvalue weighted by molar-refractivity contribution is 5.51. The third-order valence-electron chi connectivity index (χ3n) is 1.49. The van der Waals surface area contributed by atoms with Gasteiger partial charge < -0.3 is 9.53 Å². The van der Waals surface area contributed by atoms with Crippen molar-refractivity contribution in [3.63, 3.8) is 0 Å². The van der Waals surface area contributed by atoms with Gasteiger partial charge in [0.15, 0.2) is 0 Å². The Morgan fingerprint density at radius 2 is 1.92 bits per heavy atom. The van der Waals surface area contributed by atoms with E-state index in [9.17, 15) is 4.79 Å². The van der Waals surface area contributed by atoms with E-state index in [1.807, 2.05) is 36.4 Å². The first-order valence-corrected chi connectivity index (χ1v) is 4.20. The van der Waals surface area contributed by atoms with Crippen molar-refractivity contribution in [2.24, 2.45) is 0 Å². The maximum absolute atomic E-state index is 9.95. The maximum Gasteiger partial charge on any atom is 0.123 e. The number of ether oxygens (including phenoxy) is 1.